The summed E-state index contributed by atoms with van der Waals surface area (Å²) in [6.07, 6.45) is 7.84. The van der Waals surface area contributed by atoms with Gasteiger partial charge in [-0.15, -0.1) is 0 Å². The zero-order chi connectivity index (χ0) is 14.2. The molecule has 1 saturated carbocycles. The first kappa shape index (κ1) is 12.1. The molecule has 4 rings (SSSR count). The molecule has 1 aliphatic carbocycles. The normalized spacial score (nSPS) is 18.2. The van der Waals surface area contributed by atoms with E-state index in [0.29, 0.717) is 17.5 Å². The molecule has 0 unspecified atom stereocenters. The first-order valence-electron chi connectivity index (χ1n) is 7.03. The predicted octanol–water partition coefficient (Wildman–Crippen LogP) is 2.59. The zero-order valence-electron chi connectivity index (χ0n) is 11.4. The Kier molecular flexibility index (Phi) is 2.73. The molecule has 1 fully saturated rings. The van der Waals surface area contributed by atoms with Crippen molar-refractivity contribution in [2.24, 2.45) is 10.9 Å². The third kappa shape index (κ3) is 2.40. The van der Waals surface area contributed by atoms with Gasteiger partial charge in [0.2, 0.25) is 11.8 Å². The number of nitrogens with zero attached hydrogens (tertiary/aromatic N) is 3. The van der Waals surface area contributed by atoms with Gasteiger partial charge in [-0.2, -0.15) is 4.98 Å². The quantitative estimate of drug-likeness (QED) is 0.804. The fraction of sp³-hybridized carbons (Fsp3) is 0.267. The van der Waals surface area contributed by atoms with E-state index in [1.165, 1.54) is 12.8 Å². The van der Waals surface area contributed by atoms with Crippen LogP contribution in [0.25, 0.3) is 11.6 Å². The topological polar surface area (TPSA) is 86.2 Å². The number of H-pyrrole nitrogens is 1. The Bertz CT molecular complexity index is 742. The fourth-order valence-electron chi connectivity index (χ4n) is 2.32. The van der Waals surface area contributed by atoms with Crippen LogP contribution in [0.2, 0.25) is 0 Å². The summed E-state index contributed by atoms with van der Waals surface area (Å²) in [7, 11) is 0. The summed E-state index contributed by atoms with van der Waals surface area (Å²) >= 11 is 0. The maximum absolute atomic E-state index is 9.93. The highest BCUT2D eigenvalue weighted by Gasteiger charge is 2.21. The van der Waals surface area contributed by atoms with Gasteiger partial charge in [0.05, 0.1) is 0 Å². The molecule has 21 heavy (non-hydrogen) atoms. The number of pyridine rings is 1. The van der Waals surface area contributed by atoms with Crippen LogP contribution in [0.1, 0.15) is 24.1 Å². The Labute approximate surface area is 121 Å². The minimum atomic E-state index is -0.00784. The number of imidazole rings is 1. The third-order valence-corrected chi connectivity index (χ3v) is 3.69. The number of rotatable bonds is 4. The van der Waals surface area contributed by atoms with Crippen molar-refractivity contribution in [3.63, 3.8) is 0 Å². The van der Waals surface area contributed by atoms with E-state index >= 15 is 0 Å². The van der Waals surface area contributed by atoms with Gasteiger partial charge in [-0.3, -0.25) is 0 Å². The molecule has 0 spiro atoms. The second kappa shape index (κ2) is 4.73. The first-order valence-corrected chi connectivity index (χ1v) is 7.03. The van der Waals surface area contributed by atoms with Gasteiger partial charge in [0, 0.05) is 30.1 Å². The van der Waals surface area contributed by atoms with Crippen molar-refractivity contribution in [1.29, 1.82) is 0 Å². The van der Waals surface area contributed by atoms with Gasteiger partial charge in [-0.1, -0.05) is 0 Å². The maximum Gasteiger partial charge on any atom is 0.238 e. The highest BCUT2D eigenvalue weighted by molar-refractivity contribution is 6.20. The number of hydrogen-bond acceptors (Lipinski definition) is 5. The molecular weight excluding hydrogens is 266 g/mol. The van der Waals surface area contributed by atoms with Gasteiger partial charge in [0.15, 0.2) is 5.82 Å². The van der Waals surface area contributed by atoms with E-state index in [1.54, 1.807) is 12.4 Å². The van der Waals surface area contributed by atoms with Gasteiger partial charge in [-0.05, 0) is 37.0 Å². The van der Waals surface area contributed by atoms with Gasteiger partial charge in [0.25, 0.3) is 0 Å². The lowest BCUT2D eigenvalue weighted by Gasteiger charge is -1.99. The lowest BCUT2D eigenvalue weighted by Crippen LogP contribution is -2.04. The SMILES string of the molecule is Oc1nc(NCC2CC2)[nH]c1C=C1C=Nc2ncccc21. The summed E-state index contributed by atoms with van der Waals surface area (Å²) < 4.78 is 0. The minimum Gasteiger partial charge on any atom is -0.492 e. The maximum atomic E-state index is 9.93. The van der Waals surface area contributed by atoms with Crippen molar-refractivity contribution in [2.45, 2.75) is 12.8 Å². The van der Waals surface area contributed by atoms with E-state index in [-0.39, 0.29) is 5.88 Å². The largest absolute Gasteiger partial charge is 0.492 e. The number of anilines is 1. The summed E-state index contributed by atoms with van der Waals surface area (Å²) in [4.78, 5) is 15.6. The number of aromatic hydroxyl groups is 1. The molecular formula is C15H15N5O. The molecule has 3 heterocycles. The molecule has 0 saturated heterocycles. The summed E-state index contributed by atoms with van der Waals surface area (Å²) in [5, 5.41) is 13.1. The highest BCUT2D eigenvalue weighted by Crippen LogP contribution is 2.32. The van der Waals surface area contributed by atoms with Crippen LogP contribution in [0.15, 0.2) is 23.3 Å². The van der Waals surface area contributed by atoms with Crippen molar-refractivity contribution in [2.75, 3.05) is 11.9 Å². The zero-order valence-corrected chi connectivity index (χ0v) is 11.4. The highest BCUT2D eigenvalue weighted by atomic mass is 16.3. The summed E-state index contributed by atoms with van der Waals surface area (Å²) in [5.74, 6) is 2.05. The summed E-state index contributed by atoms with van der Waals surface area (Å²) in [6, 6.07) is 3.83. The lowest BCUT2D eigenvalue weighted by atomic mass is 10.1. The number of allylic oxidation sites excluding steroid dienone is 1. The van der Waals surface area contributed by atoms with Crippen LogP contribution in [0, 0.1) is 5.92 Å². The third-order valence-electron chi connectivity index (χ3n) is 3.69. The van der Waals surface area contributed by atoms with Gasteiger partial charge >= 0.3 is 0 Å². The van der Waals surface area contributed by atoms with E-state index in [9.17, 15) is 5.11 Å². The summed E-state index contributed by atoms with van der Waals surface area (Å²) in [6.45, 7) is 0.900. The standard InChI is InChI=1S/C15H15N5O/c21-14-12(19-15(20-14)18-7-9-3-4-9)6-10-8-17-13-11(10)2-1-5-16-13/h1-2,5-6,8-9,21H,3-4,7H2,(H2,18,19,20). The average molecular weight is 281 g/mol. The molecule has 6 nitrogen and oxygen atoms in total. The number of aromatic nitrogens is 3. The van der Waals surface area contributed by atoms with Crippen LogP contribution in [0.5, 0.6) is 5.88 Å². The number of aliphatic imine (C=N–C) groups is 1. The van der Waals surface area contributed by atoms with Crippen LogP contribution >= 0.6 is 0 Å². The molecule has 0 aromatic carbocycles. The Hall–Kier alpha value is -2.63. The Morgan fingerprint density at radius 3 is 3.19 bits per heavy atom. The Morgan fingerprint density at radius 2 is 2.33 bits per heavy atom. The smallest absolute Gasteiger partial charge is 0.238 e. The Balaban J connectivity index is 1.59. The molecule has 0 amide bonds. The van der Waals surface area contributed by atoms with Crippen molar-refractivity contribution in [3.8, 4) is 5.88 Å². The number of hydrogen-bond donors (Lipinski definition) is 3. The van der Waals surface area contributed by atoms with Gasteiger partial charge in [0.1, 0.15) is 5.69 Å². The van der Waals surface area contributed by atoms with Crippen LogP contribution in [-0.4, -0.2) is 32.8 Å². The van der Waals surface area contributed by atoms with Gasteiger partial charge in [-0.25, -0.2) is 9.98 Å². The lowest BCUT2D eigenvalue weighted by molar-refractivity contribution is 0.455. The molecule has 3 N–H and O–H groups in total. The van der Waals surface area contributed by atoms with Crippen molar-refractivity contribution < 1.29 is 5.11 Å². The van der Waals surface area contributed by atoms with E-state index in [2.05, 4.69) is 25.3 Å². The fourth-order valence-corrected chi connectivity index (χ4v) is 2.32. The minimum absolute atomic E-state index is 0.00784. The van der Waals surface area contributed by atoms with E-state index in [4.69, 9.17) is 0 Å². The van der Waals surface area contributed by atoms with Crippen LogP contribution in [0.4, 0.5) is 11.8 Å². The number of fused-ring (bicyclic) bond motifs is 1. The van der Waals surface area contributed by atoms with Crippen molar-refractivity contribution in [3.05, 3.63) is 29.6 Å². The second-order valence-electron chi connectivity index (χ2n) is 5.38. The molecule has 0 atom stereocenters. The molecule has 0 bridgehead atoms. The molecule has 2 aromatic rings. The van der Waals surface area contributed by atoms with Crippen molar-refractivity contribution in [1.82, 2.24) is 15.0 Å². The van der Waals surface area contributed by atoms with E-state index in [0.717, 1.165) is 23.6 Å². The Morgan fingerprint density at radius 1 is 1.43 bits per heavy atom. The first-order chi connectivity index (χ1) is 10.3. The monoisotopic (exact) mass is 281 g/mol. The van der Waals surface area contributed by atoms with Crippen LogP contribution in [0.3, 0.4) is 0 Å². The van der Waals surface area contributed by atoms with Crippen LogP contribution in [-0.2, 0) is 0 Å². The van der Waals surface area contributed by atoms with Crippen molar-refractivity contribution >= 4 is 29.6 Å². The average Bonchev–Trinajstić information content (AvgIpc) is 3.15. The molecule has 6 heteroatoms. The number of nitrogens with one attached hydrogen (secondary N) is 2. The predicted molar refractivity (Wildman–Crippen MR) is 81.7 cm³/mol. The van der Waals surface area contributed by atoms with E-state index < -0.39 is 0 Å². The van der Waals surface area contributed by atoms with Gasteiger partial charge < -0.3 is 15.4 Å². The molecule has 106 valence electrons. The molecule has 2 aromatic heterocycles. The number of aromatic amines is 1. The molecule has 1 aliphatic heterocycles. The van der Waals surface area contributed by atoms with E-state index in [1.807, 2.05) is 18.2 Å². The summed E-state index contributed by atoms with van der Waals surface area (Å²) in [5.41, 5.74) is 2.44. The molecule has 0 radical (unpaired) electrons. The van der Waals surface area contributed by atoms with Crippen LogP contribution < -0.4 is 5.32 Å². The second-order valence-corrected chi connectivity index (χ2v) is 5.38. The molecule has 2 aliphatic rings.